The van der Waals surface area contributed by atoms with Gasteiger partial charge in [0.25, 0.3) is 0 Å². The van der Waals surface area contributed by atoms with E-state index in [0.29, 0.717) is 12.2 Å². The Balaban J connectivity index is 3.73. The first-order valence-corrected chi connectivity index (χ1v) is 6.26. The van der Waals surface area contributed by atoms with Crippen LogP contribution in [0.15, 0.2) is 0 Å². The van der Waals surface area contributed by atoms with Gasteiger partial charge in [0.2, 0.25) is 0 Å². The summed E-state index contributed by atoms with van der Waals surface area (Å²) >= 11 is 0. The van der Waals surface area contributed by atoms with Gasteiger partial charge in [-0.1, -0.05) is 13.3 Å². The number of nitrogens with two attached hydrogens (primary N) is 1. The van der Waals surface area contributed by atoms with Gasteiger partial charge in [-0.3, -0.25) is 0 Å². The average molecular weight is 193 g/mol. The van der Waals surface area contributed by atoms with E-state index >= 15 is 0 Å². The molecule has 0 aliphatic carbocycles. The summed E-state index contributed by atoms with van der Waals surface area (Å²) in [6.45, 7) is 3.82. The zero-order valence-electron chi connectivity index (χ0n) is 7.91. The lowest BCUT2D eigenvalue weighted by atomic mass is 10.3. The zero-order chi connectivity index (χ0) is 9.61. The van der Waals surface area contributed by atoms with Crippen LogP contribution >= 0.6 is 0 Å². The molecule has 0 bridgehead atoms. The van der Waals surface area contributed by atoms with Gasteiger partial charge in [-0.2, -0.15) is 0 Å². The van der Waals surface area contributed by atoms with Crippen LogP contribution in [-0.4, -0.2) is 26.0 Å². The van der Waals surface area contributed by atoms with Gasteiger partial charge >= 0.3 is 0 Å². The largest absolute Gasteiger partial charge is 0.328 e. The molecule has 12 heavy (non-hydrogen) atoms. The molecule has 74 valence electrons. The van der Waals surface area contributed by atoms with Crippen molar-refractivity contribution in [2.75, 3.05) is 11.5 Å². The second-order valence-electron chi connectivity index (χ2n) is 3.27. The SMILES string of the molecule is CCCCS(=O)(=O)CCC(C)N. The number of hydrogen-bond acceptors (Lipinski definition) is 3. The van der Waals surface area contributed by atoms with Crippen molar-refractivity contribution >= 4 is 9.84 Å². The minimum Gasteiger partial charge on any atom is -0.328 e. The van der Waals surface area contributed by atoms with Gasteiger partial charge in [-0.05, 0) is 19.8 Å². The van der Waals surface area contributed by atoms with E-state index < -0.39 is 9.84 Å². The maximum Gasteiger partial charge on any atom is 0.150 e. The van der Waals surface area contributed by atoms with Crippen LogP contribution in [0.2, 0.25) is 0 Å². The van der Waals surface area contributed by atoms with E-state index in [1.54, 1.807) is 0 Å². The molecule has 4 heteroatoms. The summed E-state index contributed by atoms with van der Waals surface area (Å²) < 4.78 is 22.5. The summed E-state index contributed by atoms with van der Waals surface area (Å²) in [6.07, 6.45) is 2.27. The number of sulfone groups is 1. The molecule has 0 saturated carbocycles. The van der Waals surface area contributed by atoms with Crippen molar-refractivity contribution < 1.29 is 8.42 Å². The minimum atomic E-state index is -2.82. The molecule has 1 atom stereocenters. The van der Waals surface area contributed by atoms with E-state index in [-0.39, 0.29) is 11.8 Å². The predicted octanol–water partition coefficient (Wildman–Crippen LogP) is 0.939. The number of rotatable bonds is 6. The molecule has 0 aromatic heterocycles. The quantitative estimate of drug-likeness (QED) is 0.683. The van der Waals surface area contributed by atoms with E-state index in [9.17, 15) is 8.42 Å². The van der Waals surface area contributed by atoms with Crippen molar-refractivity contribution in [1.82, 2.24) is 0 Å². The number of unbranched alkanes of at least 4 members (excludes halogenated alkanes) is 1. The summed E-state index contributed by atoms with van der Waals surface area (Å²) in [4.78, 5) is 0. The highest BCUT2D eigenvalue weighted by Crippen LogP contribution is 2.00. The normalized spacial score (nSPS) is 14.6. The van der Waals surface area contributed by atoms with Crippen molar-refractivity contribution in [2.45, 2.75) is 39.2 Å². The molecule has 0 heterocycles. The molecule has 0 aliphatic rings. The first-order chi connectivity index (χ1) is 5.48. The summed E-state index contributed by atoms with van der Waals surface area (Å²) in [6, 6.07) is -0.0126. The van der Waals surface area contributed by atoms with Gasteiger partial charge in [-0.15, -0.1) is 0 Å². The van der Waals surface area contributed by atoms with E-state index in [2.05, 4.69) is 0 Å². The zero-order valence-corrected chi connectivity index (χ0v) is 8.73. The van der Waals surface area contributed by atoms with Gasteiger partial charge in [-0.25, -0.2) is 8.42 Å². The van der Waals surface area contributed by atoms with Crippen LogP contribution in [0.5, 0.6) is 0 Å². The Bertz CT molecular complexity index is 197. The molecule has 0 rings (SSSR count). The highest BCUT2D eigenvalue weighted by atomic mass is 32.2. The lowest BCUT2D eigenvalue weighted by Gasteiger charge is -2.05. The van der Waals surface area contributed by atoms with Gasteiger partial charge in [0.05, 0.1) is 11.5 Å². The Morgan fingerprint density at radius 3 is 2.33 bits per heavy atom. The molecule has 2 N–H and O–H groups in total. The molecule has 0 aromatic rings. The summed E-state index contributed by atoms with van der Waals surface area (Å²) in [5.74, 6) is 0.556. The molecule has 0 aromatic carbocycles. The van der Waals surface area contributed by atoms with Crippen molar-refractivity contribution in [2.24, 2.45) is 5.73 Å². The second kappa shape index (κ2) is 5.54. The van der Waals surface area contributed by atoms with Crippen LogP contribution < -0.4 is 5.73 Å². The Labute approximate surface area is 75.3 Å². The molecular formula is C8H19NO2S. The first-order valence-electron chi connectivity index (χ1n) is 4.44. The first kappa shape index (κ1) is 11.9. The predicted molar refractivity (Wildman–Crippen MR) is 51.8 cm³/mol. The monoisotopic (exact) mass is 193 g/mol. The Hall–Kier alpha value is -0.0900. The van der Waals surface area contributed by atoms with E-state index in [1.165, 1.54) is 0 Å². The van der Waals surface area contributed by atoms with Crippen LogP contribution in [0.4, 0.5) is 0 Å². The van der Waals surface area contributed by atoms with Crippen LogP contribution in [-0.2, 0) is 9.84 Å². The summed E-state index contributed by atoms with van der Waals surface area (Å²) in [5, 5.41) is 0. The lowest BCUT2D eigenvalue weighted by Crippen LogP contribution is -2.21. The van der Waals surface area contributed by atoms with Gasteiger partial charge in [0.15, 0.2) is 0 Å². The van der Waals surface area contributed by atoms with Crippen molar-refractivity contribution in [1.29, 1.82) is 0 Å². The van der Waals surface area contributed by atoms with Gasteiger partial charge < -0.3 is 5.73 Å². The van der Waals surface area contributed by atoms with Gasteiger partial charge in [0, 0.05) is 6.04 Å². The van der Waals surface area contributed by atoms with Gasteiger partial charge in [0.1, 0.15) is 9.84 Å². The average Bonchev–Trinajstić information content (AvgIpc) is 1.98. The van der Waals surface area contributed by atoms with Crippen LogP contribution in [0, 0.1) is 0 Å². The smallest absolute Gasteiger partial charge is 0.150 e. The van der Waals surface area contributed by atoms with E-state index in [0.717, 1.165) is 12.8 Å². The highest BCUT2D eigenvalue weighted by molar-refractivity contribution is 7.91. The minimum absolute atomic E-state index is 0.0126. The summed E-state index contributed by atoms with van der Waals surface area (Å²) in [5.41, 5.74) is 5.46. The third-order valence-corrected chi connectivity index (χ3v) is 3.46. The van der Waals surface area contributed by atoms with Crippen LogP contribution in [0.3, 0.4) is 0 Å². The molecule has 1 unspecified atom stereocenters. The van der Waals surface area contributed by atoms with E-state index in [4.69, 9.17) is 5.73 Å². The second-order valence-corrected chi connectivity index (χ2v) is 5.57. The van der Waals surface area contributed by atoms with Crippen molar-refractivity contribution in [3.8, 4) is 0 Å². The molecule has 0 saturated heterocycles. The molecule has 0 amide bonds. The molecule has 0 fully saturated rings. The Kier molecular flexibility index (Phi) is 5.50. The maximum atomic E-state index is 11.2. The fourth-order valence-corrected chi connectivity index (χ4v) is 2.50. The fourth-order valence-electron chi connectivity index (χ4n) is 0.832. The molecule has 0 spiro atoms. The standard InChI is InChI=1S/C8H19NO2S/c1-3-4-6-12(10,11)7-5-8(2)9/h8H,3-7,9H2,1-2H3. The Morgan fingerprint density at radius 2 is 1.92 bits per heavy atom. The lowest BCUT2D eigenvalue weighted by molar-refractivity contribution is 0.584. The fraction of sp³-hybridized carbons (Fsp3) is 1.00. The molecular weight excluding hydrogens is 174 g/mol. The molecule has 3 nitrogen and oxygen atoms in total. The maximum absolute atomic E-state index is 11.2. The van der Waals surface area contributed by atoms with Crippen molar-refractivity contribution in [3.05, 3.63) is 0 Å². The van der Waals surface area contributed by atoms with Crippen molar-refractivity contribution in [3.63, 3.8) is 0 Å². The summed E-state index contributed by atoms with van der Waals surface area (Å²) in [7, 11) is -2.82. The third-order valence-electron chi connectivity index (χ3n) is 1.69. The van der Waals surface area contributed by atoms with Crippen LogP contribution in [0.1, 0.15) is 33.1 Å². The number of hydrogen-bond donors (Lipinski definition) is 1. The Morgan fingerprint density at radius 1 is 1.33 bits per heavy atom. The topological polar surface area (TPSA) is 60.2 Å². The molecule has 0 radical (unpaired) electrons. The van der Waals surface area contributed by atoms with E-state index in [1.807, 2.05) is 13.8 Å². The van der Waals surface area contributed by atoms with Crippen LogP contribution in [0.25, 0.3) is 0 Å². The third kappa shape index (κ3) is 6.61. The highest BCUT2D eigenvalue weighted by Gasteiger charge is 2.10. The molecule has 0 aliphatic heterocycles.